The maximum absolute atomic E-state index is 13.7. The van der Waals surface area contributed by atoms with E-state index in [9.17, 15) is 17.6 Å². The summed E-state index contributed by atoms with van der Waals surface area (Å²) in [7, 11) is -3.69. The first kappa shape index (κ1) is 22.7. The lowest BCUT2D eigenvalue weighted by molar-refractivity contribution is 0.102. The summed E-state index contributed by atoms with van der Waals surface area (Å²) in [6, 6.07) is 8.67. The van der Waals surface area contributed by atoms with Crippen molar-refractivity contribution in [3.63, 3.8) is 0 Å². The number of rotatable bonds is 7. The normalized spacial score (nSPS) is 14.4. The van der Waals surface area contributed by atoms with Crippen LogP contribution in [0.4, 0.5) is 15.8 Å². The predicted molar refractivity (Wildman–Crippen MR) is 120 cm³/mol. The number of carbonyl (C=O) groups is 1. The van der Waals surface area contributed by atoms with Crippen molar-refractivity contribution in [2.24, 2.45) is 0 Å². The van der Waals surface area contributed by atoms with Crippen LogP contribution < -0.4 is 10.2 Å². The van der Waals surface area contributed by atoms with Gasteiger partial charge in [-0.25, -0.2) is 12.8 Å². The van der Waals surface area contributed by atoms with Crippen LogP contribution in [0.2, 0.25) is 0 Å². The van der Waals surface area contributed by atoms with Gasteiger partial charge in [0, 0.05) is 30.7 Å². The largest absolute Gasteiger partial charge is 0.370 e. The van der Waals surface area contributed by atoms with Gasteiger partial charge in [-0.3, -0.25) is 4.79 Å². The van der Waals surface area contributed by atoms with Crippen LogP contribution >= 0.6 is 15.9 Å². The van der Waals surface area contributed by atoms with E-state index < -0.39 is 21.7 Å². The SMILES string of the molecule is CCN(CC)S(=O)(=O)c1ccc(N2CCCC2)c(NC(=O)c2cc(F)ccc2Br)c1. The van der Waals surface area contributed by atoms with Crippen LogP contribution in [-0.4, -0.2) is 44.8 Å². The summed E-state index contributed by atoms with van der Waals surface area (Å²) in [4.78, 5) is 15.1. The van der Waals surface area contributed by atoms with Gasteiger partial charge in [-0.15, -0.1) is 0 Å². The number of amides is 1. The second-order valence-corrected chi connectivity index (χ2v) is 9.83. The van der Waals surface area contributed by atoms with Gasteiger partial charge in [-0.2, -0.15) is 4.31 Å². The van der Waals surface area contributed by atoms with E-state index in [0.29, 0.717) is 23.2 Å². The molecule has 0 saturated carbocycles. The lowest BCUT2D eigenvalue weighted by Crippen LogP contribution is -2.31. The molecule has 0 unspecified atom stereocenters. The van der Waals surface area contributed by atoms with Crippen molar-refractivity contribution in [2.45, 2.75) is 31.6 Å². The van der Waals surface area contributed by atoms with Gasteiger partial charge in [-0.05, 0) is 65.2 Å². The standard InChI is InChI=1S/C21H25BrFN3O3S/c1-3-26(4-2)30(28,29)16-8-10-20(25-11-5-6-12-25)19(14-16)24-21(27)17-13-15(23)7-9-18(17)22/h7-10,13-14H,3-6,11-12H2,1-2H3,(H,24,27). The third-order valence-electron chi connectivity index (χ3n) is 5.18. The monoisotopic (exact) mass is 497 g/mol. The summed E-state index contributed by atoms with van der Waals surface area (Å²) in [5.41, 5.74) is 1.29. The van der Waals surface area contributed by atoms with E-state index in [1.165, 1.54) is 22.5 Å². The minimum absolute atomic E-state index is 0.114. The molecule has 1 amide bonds. The van der Waals surface area contributed by atoms with Crippen molar-refractivity contribution in [1.29, 1.82) is 0 Å². The molecule has 0 atom stereocenters. The average Bonchev–Trinajstić information content (AvgIpc) is 3.25. The quantitative estimate of drug-likeness (QED) is 0.612. The molecule has 1 fully saturated rings. The first-order valence-electron chi connectivity index (χ1n) is 9.93. The molecular formula is C21H25BrFN3O3S. The molecule has 1 saturated heterocycles. The summed E-state index contributed by atoms with van der Waals surface area (Å²) in [6.45, 7) is 5.92. The van der Waals surface area contributed by atoms with E-state index >= 15 is 0 Å². The highest BCUT2D eigenvalue weighted by Crippen LogP contribution is 2.33. The molecule has 1 aliphatic rings. The number of nitrogens with zero attached hydrogens (tertiary/aromatic N) is 2. The lowest BCUT2D eigenvalue weighted by atomic mass is 10.2. The zero-order valence-corrected chi connectivity index (χ0v) is 19.4. The molecule has 1 heterocycles. The minimum Gasteiger partial charge on any atom is -0.370 e. The highest BCUT2D eigenvalue weighted by atomic mass is 79.9. The Bertz CT molecular complexity index is 1040. The fourth-order valence-electron chi connectivity index (χ4n) is 3.58. The fourth-order valence-corrected chi connectivity index (χ4v) is 5.49. The fraction of sp³-hybridized carbons (Fsp3) is 0.381. The van der Waals surface area contributed by atoms with Gasteiger partial charge >= 0.3 is 0 Å². The molecule has 9 heteroatoms. The number of carbonyl (C=O) groups excluding carboxylic acids is 1. The van der Waals surface area contributed by atoms with Crippen molar-refractivity contribution >= 4 is 43.2 Å². The molecule has 0 radical (unpaired) electrons. The molecule has 1 aliphatic heterocycles. The minimum atomic E-state index is -3.69. The third kappa shape index (κ3) is 4.68. The van der Waals surface area contributed by atoms with Crippen LogP contribution in [0, 0.1) is 5.82 Å². The Kier molecular flexibility index (Phi) is 7.15. The summed E-state index contributed by atoms with van der Waals surface area (Å²) in [5.74, 6) is -1.04. The van der Waals surface area contributed by atoms with E-state index in [4.69, 9.17) is 0 Å². The molecule has 3 rings (SSSR count). The Morgan fingerprint density at radius 1 is 1.13 bits per heavy atom. The van der Waals surface area contributed by atoms with E-state index in [1.54, 1.807) is 26.0 Å². The molecule has 162 valence electrons. The second-order valence-electron chi connectivity index (χ2n) is 7.04. The number of hydrogen-bond donors (Lipinski definition) is 1. The molecule has 2 aromatic carbocycles. The van der Waals surface area contributed by atoms with E-state index in [0.717, 1.165) is 37.7 Å². The first-order valence-corrected chi connectivity index (χ1v) is 12.2. The Morgan fingerprint density at radius 2 is 1.80 bits per heavy atom. The Labute approximate surface area is 185 Å². The molecular weight excluding hydrogens is 473 g/mol. The van der Waals surface area contributed by atoms with Gasteiger partial charge in [0.15, 0.2) is 0 Å². The van der Waals surface area contributed by atoms with Gasteiger partial charge in [0.2, 0.25) is 10.0 Å². The van der Waals surface area contributed by atoms with Crippen LogP contribution in [0.3, 0.4) is 0 Å². The van der Waals surface area contributed by atoms with Crippen molar-refractivity contribution in [3.05, 3.63) is 52.3 Å². The zero-order valence-electron chi connectivity index (χ0n) is 17.0. The van der Waals surface area contributed by atoms with Crippen LogP contribution in [-0.2, 0) is 10.0 Å². The molecule has 6 nitrogen and oxygen atoms in total. The third-order valence-corrected chi connectivity index (χ3v) is 7.92. The summed E-state index contributed by atoms with van der Waals surface area (Å²) < 4.78 is 41.4. The molecule has 0 bridgehead atoms. The van der Waals surface area contributed by atoms with Gasteiger partial charge in [0.1, 0.15) is 5.82 Å². The topological polar surface area (TPSA) is 69.7 Å². The second kappa shape index (κ2) is 9.45. The summed E-state index contributed by atoms with van der Waals surface area (Å²) in [5, 5.41) is 2.80. The van der Waals surface area contributed by atoms with Crippen LogP contribution in [0.15, 0.2) is 45.8 Å². The number of hydrogen-bond acceptors (Lipinski definition) is 4. The first-order chi connectivity index (χ1) is 14.3. The Balaban J connectivity index is 2.03. The summed E-state index contributed by atoms with van der Waals surface area (Å²) in [6.07, 6.45) is 2.06. The van der Waals surface area contributed by atoms with Crippen LogP contribution in [0.1, 0.15) is 37.0 Å². The molecule has 2 aromatic rings. The zero-order chi connectivity index (χ0) is 21.9. The number of anilines is 2. The van der Waals surface area contributed by atoms with Gasteiger partial charge in [0.25, 0.3) is 5.91 Å². The number of halogens is 2. The molecule has 0 spiro atoms. The average molecular weight is 498 g/mol. The summed E-state index contributed by atoms with van der Waals surface area (Å²) >= 11 is 3.27. The predicted octanol–water partition coefficient (Wildman–Crippen LogP) is 4.47. The lowest BCUT2D eigenvalue weighted by Gasteiger charge is -2.24. The molecule has 30 heavy (non-hydrogen) atoms. The highest BCUT2D eigenvalue weighted by Gasteiger charge is 2.25. The Hall–Kier alpha value is -1.97. The van der Waals surface area contributed by atoms with Gasteiger partial charge in [0.05, 0.1) is 21.8 Å². The van der Waals surface area contributed by atoms with Crippen LogP contribution in [0.25, 0.3) is 0 Å². The van der Waals surface area contributed by atoms with E-state index in [1.807, 2.05) is 0 Å². The van der Waals surface area contributed by atoms with Crippen molar-refractivity contribution in [3.8, 4) is 0 Å². The highest BCUT2D eigenvalue weighted by molar-refractivity contribution is 9.10. The van der Waals surface area contributed by atoms with Gasteiger partial charge < -0.3 is 10.2 Å². The smallest absolute Gasteiger partial charge is 0.256 e. The maximum Gasteiger partial charge on any atom is 0.256 e. The molecule has 0 aromatic heterocycles. The van der Waals surface area contributed by atoms with Crippen molar-refractivity contribution < 1.29 is 17.6 Å². The molecule has 1 N–H and O–H groups in total. The number of benzene rings is 2. The van der Waals surface area contributed by atoms with Gasteiger partial charge in [-0.1, -0.05) is 13.8 Å². The maximum atomic E-state index is 13.7. The number of nitrogens with one attached hydrogen (secondary N) is 1. The molecule has 0 aliphatic carbocycles. The van der Waals surface area contributed by atoms with E-state index in [2.05, 4.69) is 26.1 Å². The van der Waals surface area contributed by atoms with Crippen LogP contribution in [0.5, 0.6) is 0 Å². The van der Waals surface area contributed by atoms with Crippen molar-refractivity contribution in [1.82, 2.24) is 4.31 Å². The van der Waals surface area contributed by atoms with Crippen molar-refractivity contribution in [2.75, 3.05) is 36.4 Å². The Morgan fingerprint density at radius 3 is 2.43 bits per heavy atom. The number of sulfonamides is 1. The van der Waals surface area contributed by atoms with E-state index in [-0.39, 0.29) is 10.5 Å².